The highest BCUT2D eigenvalue weighted by Gasteiger charge is 2.14. The summed E-state index contributed by atoms with van der Waals surface area (Å²) in [6.45, 7) is 0.652. The van der Waals surface area contributed by atoms with Gasteiger partial charge in [-0.3, -0.25) is 10.3 Å². The molecule has 2 amide bonds. The summed E-state index contributed by atoms with van der Waals surface area (Å²) < 4.78 is 31.5. The van der Waals surface area contributed by atoms with E-state index in [1.165, 1.54) is 24.5 Å². The number of nitriles is 1. The van der Waals surface area contributed by atoms with Crippen LogP contribution in [0.4, 0.5) is 20.0 Å². The molecule has 0 spiro atoms. The number of carbonyl (C=O) groups is 1. The number of methoxy groups -OCH3 is 1. The molecular formula is C23H17ClFN5O4S. The number of thiazole rings is 1. The second-order valence-electron chi connectivity index (χ2n) is 6.92. The molecule has 178 valence electrons. The Morgan fingerprint density at radius 1 is 1.17 bits per heavy atom. The molecule has 35 heavy (non-hydrogen) atoms. The van der Waals surface area contributed by atoms with Gasteiger partial charge in [0, 0.05) is 30.8 Å². The Labute approximate surface area is 208 Å². The predicted octanol–water partition coefficient (Wildman–Crippen LogP) is 5.82. The second-order valence-corrected chi connectivity index (χ2v) is 8.58. The molecule has 4 aromatic rings. The fourth-order valence-corrected chi connectivity index (χ4v) is 3.84. The van der Waals surface area contributed by atoms with Crippen molar-refractivity contribution in [3.63, 3.8) is 0 Å². The Morgan fingerprint density at radius 3 is 2.74 bits per heavy atom. The summed E-state index contributed by atoms with van der Waals surface area (Å²) in [7, 11) is 1.55. The number of ether oxygens (including phenoxy) is 3. The largest absolute Gasteiger partial charge is 0.490 e. The number of nitrogens with one attached hydrogen (secondary N) is 2. The van der Waals surface area contributed by atoms with E-state index in [0.717, 1.165) is 17.4 Å². The molecule has 0 radical (unpaired) electrons. The Hall–Kier alpha value is -3.98. The maximum Gasteiger partial charge on any atom is 0.325 e. The monoisotopic (exact) mass is 513 g/mol. The van der Waals surface area contributed by atoms with Crippen molar-refractivity contribution >= 4 is 50.7 Å². The SMILES string of the molecule is COCCOc1cc2nccc(Oc3ccc(NC(=O)Nc4ncc(Cl)s4)c(F)c3)c2cc1C#N. The van der Waals surface area contributed by atoms with Gasteiger partial charge in [0.1, 0.15) is 40.1 Å². The molecule has 2 N–H and O–H groups in total. The number of rotatable bonds is 8. The van der Waals surface area contributed by atoms with E-state index < -0.39 is 11.8 Å². The summed E-state index contributed by atoms with van der Waals surface area (Å²) in [5, 5.41) is 15.2. The number of anilines is 2. The van der Waals surface area contributed by atoms with Crippen LogP contribution >= 0.6 is 22.9 Å². The third-order valence-corrected chi connectivity index (χ3v) is 5.61. The number of amides is 2. The number of halogens is 2. The van der Waals surface area contributed by atoms with Crippen LogP contribution in [0, 0.1) is 17.1 Å². The van der Waals surface area contributed by atoms with Crippen LogP contribution in [0.2, 0.25) is 4.34 Å². The van der Waals surface area contributed by atoms with Crippen molar-refractivity contribution in [1.29, 1.82) is 5.26 Å². The molecule has 0 saturated heterocycles. The van der Waals surface area contributed by atoms with E-state index in [4.69, 9.17) is 25.8 Å². The lowest BCUT2D eigenvalue weighted by Crippen LogP contribution is -2.19. The number of hydrogen-bond donors (Lipinski definition) is 2. The van der Waals surface area contributed by atoms with Crippen LogP contribution in [0.1, 0.15) is 5.56 Å². The summed E-state index contributed by atoms with van der Waals surface area (Å²) in [4.78, 5) is 20.3. The Morgan fingerprint density at radius 2 is 2.03 bits per heavy atom. The molecule has 0 unspecified atom stereocenters. The highest BCUT2D eigenvalue weighted by Crippen LogP contribution is 2.34. The van der Waals surface area contributed by atoms with Crippen molar-refractivity contribution in [3.05, 3.63) is 64.5 Å². The number of fused-ring (bicyclic) bond motifs is 1. The van der Waals surface area contributed by atoms with E-state index in [1.54, 1.807) is 25.3 Å². The molecule has 9 nitrogen and oxygen atoms in total. The standard InChI is InChI=1S/C23H17ClFN5O4S/c1-32-6-7-33-20-10-18-15(8-13(20)11-26)19(4-5-27-18)34-14-2-3-17(16(25)9-14)29-22(31)30-23-28-12-21(24)35-23/h2-5,8-10,12H,6-7H2,1H3,(H2,28,29,30,31). The van der Waals surface area contributed by atoms with Gasteiger partial charge < -0.3 is 19.5 Å². The van der Waals surface area contributed by atoms with Crippen molar-refractivity contribution in [1.82, 2.24) is 9.97 Å². The molecule has 0 aliphatic rings. The van der Waals surface area contributed by atoms with Gasteiger partial charge in [0.05, 0.1) is 29.6 Å². The van der Waals surface area contributed by atoms with E-state index in [0.29, 0.717) is 38.9 Å². The van der Waals surface area contributed by atoms with Crippen molar-refractivity contribution in [2.75, 3.05) is 31.0 Å². The fraction of sp³-hybridized carbons (Fsp3) is 0.130. The molecule has 0 saturated carbocycles. The number of hydrogen-bond acceptors (Lipinski definition) is 8. The highest BCUT2D eigenvalue weighted by molar-refractivity contribution is 7.19. The van der Waals surface area contributed by atoms with Gasteiger partial charge in [0.15, 0.2) is 5.13 Å². The molecule has 0 aliphatic heterocycles. The van der Waals surface area contributed by atoms with Crippen LogP contribution in [0.5, 0.6) is 17.2 Å². The predicted molar refractivity (Wildman–Crippen MR) is 130 cm³/mol. The van der Waals surface area contributed by atoms with Crippen molar-refractivity contribution < 1.29 is 23.4 Å². The Kier molecular flexibility index (Phi) is 7.57. The number of pyridine rings is 1. The smallest absolute Gasteiger partial charge is 0.325 e. The Bertz CT molecular complexity index is 1430. The zero-order valence-electron chi connectivity index (χ0n) is 18.2. The molecule has 12 heteroatoms. The lowest BCUT2D eigenvalue weighted by atomic mass is 10.1. The Balaban J connectivity index is 1.52. The van der Waals surface area contributed by atoms with Crippen molar-refractivity contribution in [3.8, 4) is 23.3 Å². The zero-order valence-corrected chi connectivity index (χ0v) is 19.7. The van der Waals surface area contributed by atoms with Crippen LogP contribution < -0.4 is 20.1 Å². The van der Waals surface area contributed by atoms with E-state index in [1.807, 2.05) is 0 Å². The maximum absolute atomic E-state index is 14.7. The van der Waals surface area contributed by atoms with Gasteiger partial charge in [0.2, 0.25) is 0 Å². The average Bonchev–Trinajstić information content (AvgIpc) is 3.25. The molecule has 0 fully saturated rings. The lowest BCUT2D eigenvalue weighted by Gasteiger charge is -2.13. The van der Waals surface area contributed by atoms with Gasteiger partial charge >= 0.3 is 6.03 Å². The fourth-order valence-electron chi connectivity index (χ4n) is 3.03. The van der Waals surface area contributed by atoms with Crippen molar-refractivity contribution in [2.45, 2.75) is 0 Å². The molecule has 0 bridgehead atoms. The van der Waals surface area contributed by atoms with Crippen LogP contribution in [0.15, 0.2) is 48.8 Å². The first kappa shape index (κ1) is 24.2. The van der Waals surface area contributed by atoms with Crippen LogP contribution in [0.25, 0.3) is 10.9 Å². The van der Waals surface area contributed by atoms with Crippen LogP contribution in [-0.4, -0.2) is 36.3 Å². The number of carbonyl (C=O) groups excluding carboxylic acids is 1. The van der Waals surface area contributed by atoms with Crippen LogP contribution in [-0.2, 0) is 4.74 Å². The summed E-state index contributed by atoms with van der Waals surface area (Å²) in [5.74, 6) is 0.223. The third-order valence-electron chi connectivity index (χ3n) is 4.58. The quantitative estimate of drug-likeness (QED) is 0.285. The minimum Gasteiger partial charge on any atom is -0.490 e. The summed E-state index contributed by atoms with van der Waals surface area (Å²) in [5.41, 5.74) is 0.776. The molecular weight excluding hydrogens is 497 g/mol. The second kappa shape index (κ2) is 11.0. The number of nitrogens with zero attached hydrogens (tertiary/aromatic N) is 3. The van der Waals surface area contributed by atoms with Gasteiger partial charge in [-0.05, 0) is 24.3 Å². The number of benzene rings is 2. The first-order valence-electron chi connectivity index (χ1n) is 10.1. The van der Waals surface area contributed by atoms with E-state index >= 15 is 0 Å². The topological polar surface area (TPSA) is 118 Å². The summed E-state index contributed by atoms with van der Waals surface area (Å²) >= 11 is 6.85. The zero-order chi connectivity index (χ0) is 24.8. The van der Waals surface area contributed by atoms with Crippen molar-refractivity contribution in [2.24, 2.45) is 0 Å². The van der Waals surface area contributed by atoms with Gasteiger partial charge in [-0.1, -0.05) is 22.9 Å². The molecule has 2 aromatic heterocycles. The van der Waals surface area contributed by atoms with E-state index in [9.17, 15) is 14.4 Å². The molecule has 2 aromatic carbocycles. The van der Waals surface area contributed by atoms with Crippen LogP contribution in [0.3, 0.4) is 0 Å². The average molecular weight is 514 g/mol. The number of urea groups is 1. The first-order valence-corrected chi connectivity index (χ1v) is 11.3. The highest BCUT2D eigenvalue weighted by atomic mass is 35.5. The van der Waals surface area contributed by atoms with E-state index in [2.05, 4.69) is 26.7 Å². The van der Waals surface area contributed by atoms with Gasteiger partial charge in [-0.15, -0.1) is 0 Å². The maximum atomic E-state index is 14.7. The lowest BCUT2D eigenvalue weighted by molar-refractivity contribution is 0.146. The molecule has 0 aliphatic carbocycles. The molecule has 2 heterocycles. The molecule has 4 rings (SSSR count). The van der Waals surface area contributed by atoms with Gasteiger partial charge in [-0.2, -0.15) is 5.26 Å². The molecule has 0 atom stereocenters. The van der Waals surface area contributed by atoms with Gasteiger partial charge in [0.25, 0.3) is 0 Å². The first-order chi connectivity index (χ1) is 17.0. The minimum absolute atomic E-state index is 0.0540. The summed E-state index contributed by atoms with van der Waals surface area (Å²) in [6, 6.07) is 10.3. The number of aromatic nitrogens is 2. The third kappa shape index (κ3) is 5.93. The normalized spacial score (nSPS) is 10.6. The van der Waals surface area contributed by atoms with E-state index in [-0.39, 0.29) is 23.2 Å². The van der Waals surface area contributed by atoms with Gasteiger partial charge in [-0.25, -0.2) is 14.2 Å². The minimum atomic E-state index is -0.709. The summed E-state index contributed by atoms with van der Waals surface area (Å²) in [6.07, 6.45) is 2.93.